The second-order valence-electron chi connectivity index (χ2n) is 4.84. The third-order valence-electron chi connectivity index (χ3n) is 3.27. The average molecular weight is 255 g/mol. The first-order chi connectivity index (χ1) is 8.50. The molecule has 1 saturated heterocycles. The van der Waals surface area contributed by atoms with E-state index in [1.807, 2.05) is 6.92 Å². The maximum atomic E-state index is 13.6. The van der Waals surface area contributed by atoms with Gasteiger partial charge in [0, 0.05) is 37.2 Å². The molecule has 0 aliphatic carbocycles. The van der Waals surface area contributed by atoms with Crippen molar-refractivity contribution >= 4 is 0 Å². The van der Waals surface area contributed by atoms with Gasteiger partial charge in [-0.3, -0.25) is 0 Å². The number of benzene rings is 1. The van der Waals surface area contributed by atoms with Gasteiger partial charge in [0.1, 0.15) is 17.2 Å². The van der Waals surface area contributed by atoms with Crippen LogP contribution in [0.4, 0.5) is 4.39 Å². The molecule has 1 fully saturated rings. The first-order valence-corrected chi connectivity index (χ1v) is 6.02. The van der Waals surface area contributed by atoms with Gasteiger partial charge in [-0.25, -0.2) is 4.39 Å². The van der Waals surface area contributed by atoms with Crippen molar-refractivity contribution in [2.75, 3.05) is 19.8 Å². The van der Waals surface area contributed by atoms with Crippen LogP contribution in [0.15, 0.2) is 18.2 Å². The van der Waals surface area contributed by atoms with E-state index in [0.29, 0.717) is 31.7 Å². The zero-order chi connectivity index (χ0) is 13.2. The van der Waals surface area contributed by atoms with Crippen molar-refractivity contribution in [3.05, 3.63) is 29.6 Å². The molecule has 2 atom stereocenters. The zero-order valence-electron chi connectivity index (χ0n) is 10.3. The van der Waals surface area contributed by atoms with Gasteiger partial charge >= 0.3 is 0 Å². The van der Waals surface area contributed by atoms with Crippen LogP contribution < -0.4 is 5.32 Å². The highest BCUT2D eigenvalue weighted by Crippen LogP contribution is 2.23. The highest BCUT2D eigenvalue weighted by Gasteiger charge is 2.32. The van der Waals surface area contributed by atoms with E-state index < -0.39 is 11.4 Å². The second kappa shape index (κ2) is 5.22. The van der Waals surface area contributed by atoms with Gasteiger partial charge in [0.05, 0.1) is 6.61 Å². The van der Waals surface area contributed by atoms with Crippen LogP contribution >= 0.6 is 0 Å². The fraction of sp³-hybridized carbons (Fsp3) is 0.538. The molecule has 2 unspecified atom stereocenters. The molecule has 0 saturated carbocycles. The van der Waals surface area contributed by atoms with Crippen molar-refractivity contribution in [3.63, 3.8) is 0 Å². The summed E-state index contributed by atoms with van der Waals surface area (Å²) in [6.07, 6.45) is 0.588. The smallest absolute Gasteiger partial charge is 0.131 e. The Hall–Kier alpha value is -1.17. The molecule has 18 heavy (non-hydrogen) atoms. The number of aliphatic hydroxyl groups is 1. The van der Waals surface area contributed by atoms with Crippen LogP contribution in [0.2, 0.25) is 0 Å². The first kappa shape index (κ1) is 13.3. The molecular weight excluding hydrogens is 237 g/mol. The first-order valence-electron chi connectivity index (χ1n) is 6.02. The van der Waals surface area contributed by atoms with E-state index >= 15 is 0 Å². The van der Waals surface area contributed by atoms with E-state index in [4.69, 9.17) is 9.84 Å². The Bertz CT molecular complexity index is 419. The minimum absolute atomic E-state index is 0.0914. The number of phenolic OH excluding ortho intramolecular Hbond substituents is 1. The lowest BCUT2D eigenvalue weighted by Gasteiger charge is -2.24. The number of aromatic hydroxyl groups is 1. The van der Waals surface area contributed by atoms with Crippen molar-refractivity contribution < 1.29 is 19.3 Å². The fourth-order valence-electron chi connectivity index (χ4n) is 2.06. The number of rotatable bonds is 4. The lowest BCUT2D eigenvalue weighted by atomic mass is 10.0. The molecule has 0 radical (unpaired) electrons. The molecule has 0 amide bonds. The van der Waals surface area contributed by atoms with E-state index in [0.717, 1.165) is 6.07 Å². The SMILES string of the molecule is CC(NCC1(O)CCOC1)c1ccc(O)cc1F. The third kappa shape index (κ3) is 2.98. The van der Waals surface area contributed by atoms with E-state index in [2.05, 4.69) is 5.32 Å². The lowest BCUT2D eigenvalue weighted by Crippen LogP contribution is -2.42. The third-order valence-corrected chi connectivity index (χ3v) is 3.27. The van der Waals surface area contributed by atoms with E-state index in [1.54, 1.807) is 0 Å². The quantitative estimate of drug-likeness (QED) is 0.759. The van der Waals surface area contributed by atoms with Crippen molar-refractivity contribution in [2.45, 2.75) is 25.0 Å². The average Bonchev–Trinajstić information content (AvgIpc) is 2.74. The predicted molar refractivity (Wildman–Crippen MR) is 64.9 cm³/mol. The molecule has 100 valence electrons. The number of ether oxygens (including phenoxy) is 1. The maximum absolute atomic E-state index is 13.6. The Labute approximate surface area is 105 Å². The highest BCUT2D eigenvalue weighted by molar-refractivity contribution is 5.29. The molecule has 1 aromatic carbocycles. The van der Waals surface area contributed by atoms with Gasteiger partial charge in [0.25, 0.3) is 0 Å². The van der Waals surface area contributed by atoms with Gasteiger partial charge in [-0.05, 0) is 13.0 Å². The number of halogens is 1. The standard InChI is InChI=1S/C13H18FNO3/c1-9(11-3-2-10(16)6-12(11)14)15-7-13(17)4-5-18-8-13/h2-3,6,9,15-17H,4-5,7-8H2,1H3. The van der Waals surface area contributed by atoms with Crippen LogP contribution in [-0.4, -0.2) is 35.6 Å². The van der Waals surface area contributed by atoms with Crippen molar-refractivity contribution in [1.29, 1.82) is 0 Å². The summed E-state index contributed by atoms with van der Waals surface area (Å²) in [6.45, 7) is 3.04. The fourth-order valence-corrected chi connectivity index (χ4v) is 2.06. The normalized spacial score (nSPS) is 25.3. The molecule has 1 aliphatic rings. The van der Waals surface area contributed by atoms with Crippen molar-refractivity contribution in [2.24, 2.45) is 0 Å². The molecule has 0 spiro atoms. The Balaban J connectivity index is 1.97. The summed E-state index contributed by atoms with van der Waals surface area (Å²) in [7, 11) is 0. The van der Waals surface area contributed by atoms with Gasteiger partial charge in [0.2, 0.25) is 0 Å². The lowest BCUT2D eigenvalue weighted by molar-refractivity contribution is 0.0251. The van der Waals surface area contributed by atoms with Crippen LogP contribution in [-0.2, 0) is 4.74 Å². The molecule has 0 aromatic heterocycles. The minimum Gasteiger partial charge on any atom is -0.508 e. The summed E-state index contributed by atoms with van der Waals surface area (Å²) in [5.41, 5.74) is -0.392. The molecule has 4 nitrogen and oxygen atoms in total. The van der Waals surface area contributed by atoms with Gasteiger partial charge in [0.15, 0.2) is 0 Å². The highest BCUT2D eigenvalue weighted by atomic mass is 19.1. The van der Waals surface area contributed by atoms with Gasteiger partial charge in [-0.1, -0.05) is 6.07 Å². The summed E-state index contributed by atoms with van der Waals surface area (Å²) in [4.78, 5) is 0. The predicted octanol–water partition coefficient (Wildman–Crippen LogP) is 1.33. The molecule has 3 N–H and O–H groups in total. The number of hydrogen-bond donors (Lipinski definition) is 3. The number of nitrogens with one attached hydrogen (secondary N) is 1. The van der Waals surface area contributed by atoms with Crippen LogP contribution in [0.3, 0.4) is 0 Å². The summed E-state index contributed by atoms with van der Waals surface area (Å²) in [5.74, 6) is -0.545. The van der Waals surface area contributed by atoms with Gasteiger partial charge < -0.3 is 20.3 Å². The summed E-state index contributed by atoms with van der Waals surface area (Å²) >= 11 is 0. The van der Waals surface area contributed by atoms with Crippen molar-refractivity contribution in [1.82, 2.24) is 5.32 Å². The topological polar surface area (TPSA) is 61.7 Å². The number of hydrogen-bond acceptors (Lipinski definition) is 4. The second-order valence-corrected chi connectivity index (χ2v) is 4.84. The molecular formula is C13H18FNO3. The monoisotopic (exact) mass is 255 g/mol. The zero-order valence-corrected chi connectivity index (χ0v) is 10.3. The van der Waals surface area contributed by atoms with Crippen LogP contribution in [0.1, 0.15) is 24.9 Å². The number of phenols is 1. The van der Waals surface area contributed by atoms with Gasteiger partial charge in [-0.15, -0.1) is 0 Å². The Morgan fingerprint density at radius 2 is 2.33 bits per heavy atom. The Morgan fingerprint density at radius 3 is 2.94 bits per heavy atom. The minimum atomic E-state index is -0.859. The molecule has 1 aromatic rings. The van der Waals surface area contributed by atoms with Crippen LogP contribution in [0, 0.1) is 5.82 Å². The van der Waals surface area contributed by atoms with E-state index in [-0.39, 0.29) is 11.8 Å². The van der Waals surface area contributed by atoms with E-state index in [1.165, 1.54) is 12.1 Å². The summed E-state index contributed by atoms with van der Waals surface area (Å²) in [6, 6.07) is 3.83. The maximum Gasteiger partial charge on any atom is 0.131 e. The molecule has 0 bridgehead atoms. The molecule has 1 heterocycles. The van der Waals surface area contributed by atoms with E-state index in [9.17, 15) is 9.50 Å². The van der Waals surface area contributed by atoms with Crippen molar-refractivity contribution in [3.8, 4) is 5.75 Å². The molecule has 2 rings (SSSR count). The Kier molecular flexibility index (Phi) is 3.85. The summed E-state index contributed by atoms with van der Waals surface area (Å²) in [5, 5.41) is 22.3. The molecule has 5 heteroatoms. The largest absolute Gasteiger partial charge is 0.508 e. The van der Waals surface area contributed by atoms with Crippen LogP contribution in [0.5, 0.6) is 5.75 Å². The van der Waals surface area contributed by atoms with Crippen LogP contribution in [0.25, 0.3) is 0 Å². The summed E-state index contributed by atoms with van der Waals surface area (Å²) < 4.78 is 18.8. The van der Waals surface area contributed by atoms with Gasteiger partial charge in [-0.2, -0.15) is 0 Å². The Morgan fingerprint density at radius 1 is 1.56 bits per heavy atom. The molecule has 1 aliphatic heterocycles.